The van der Waals surface area contributed by atoms with Crippen LogP contribution < -0.4 is 5.73 Å². The van der Waals surface area contributed by atoms with Gasteiger partial charge >= 0.3 is 0 Å². The van der Waals surface area contributed by atoms with Crippen LogP contribution in [0.25, 0.3) is 16.5 Å². The molecule has 0 aliphatic rings. The summed E-state index contributed by atoms with van der Waals surface area (Å²) in [6.45, 7) is 6.06. The maximum atomic E-state index is 6.12. The highest BCUT2D eigenvalue weighted by Crippen LogP contribution is 2.31. The molecular formula is C15H15Cl2N. The number of allylic oxidation sites excluding steroid dienone is 1. The van der Waals surface area contributed by atoms with Crippen molar-refractivity contribution < 1.29 is 0 Å². The van der Waals surface area contributed by atoms with E-state index in [1.54, 1.807) is 0 Å². The Hall–Kier alpha value is -1.18. The number of aryl methyl sites for hydroxylation is 1. The standard InChI is InChI=1S/C15H15Cl2N/c1-8(2)15(18)12-5-11-7-14(17)13(16)6-10(11)4-9(12)3/h4-7H,18H2,1-3H3. The number of fused-ring (bicyclic) bond motifs is 1. The van der Waals surface area contributed by atoms with Gasteiger partial charge in [-0.1, -0.05) is 34.8 Å². The summed E-state index contributed by atoms with van der Waals surface area (Å²) in [5, 5.41) is 3.27. The Morgan fingerprint density at radius 1 is 0.944 bits per heavy atom. The van der Waals surface area contributed by atoms with E-state index in [2.05, 4.69) is 12.1 Å². The molecule has 0 aliphatic heterocycles. The summed E-state index contributed by atoms with van der Waals surface area (Å²) in [5.41, 5.74) is 10.2. The average molecular weight is 280 g/mol. The van der Waals surface area contributed by atoms with E-state index in [1.165, 1.54) is 0 Å². The molecule has 18 heavy (non-hydrogen) atoms. The fraction of sp³-hybridized carbons (Fsp3) is 0.200. The minimum absolute atomic E-state index is 0.565. The Bertz CT molecular complexity index is 653. The molecule has 0 atom stereocenters. The summed E-state index contributed by atoms with van der Waals surface area (Å²) in [5.74, 6) is 0. The molecule has 0 bridgehead atoms. The van der Waals surface area contributed by atoms with E-state index in [4.69, 9.17) is 28.9 Å². The number of rotatable bonds is 1. The second-order valence-corrected chi connectivity index (χ2v) is 5.51. The Labute approximate surface area is 117 Å². The lowest BCUT2D eigenvalue weighted by atomic mass is 9.98. The lowest BCUT2D eigenvalue weighted by Gasteiger charge is -2.11. The summed E-state index contributed by atoms with van der Waals surface area (Å²) >= 11 is 12.1. The highest BCUT2D eigenvalue weighted by atomic mass is 35.5. The summed E-state index contributed by atoms with van der Waals surface area (Å²) in [4.78, 5) is 0. The van der Waals surface area contributed by atoms with Gasteiger partial charge in [0.05, 0.1) is 10.0 Å². The third-order valence-electron chi connectivity index (χ3n) is 3.05. The molecule has 0 spiro atoms. The maximum absolute atomic E-state index is 6.12. The molecule has 0 fully saturated rings. The van der Waals surface area contributed by atoms with Gasteiger partial charge in [-0.15, -0.1) is 0 Å². The van der Waals surface area contributed by atoms with Crippen LogP contribution in [0.5, 0.6) is 0 Å². The van der Waals surface area contributed by atoms with E-state index in [9.17, 15) is 0 Å². The smallest absolute Gasteiger partial charge is 0.0598 e. The topological polar surface area (TPSA) is 26.0 Å². The van der Waals surface area contributed by atoms with E-state index >= 15 is 0 Å². The van der Waals surface area contributed by atoms with Gasteiger partial charge in [-0.05, 0) is 55.3 Å². The maximum Gasteiger partial charge on any atom is 0.0598 e. The van der Waals surface area contributed by atoms with Crippen LogP contribution in [0.2, 0.25) is 10.0 Å². The summed E-state index contributed by atoms with van der Waals surface area (Å²) in [6, 6.07) is 7.91. The molecule has 94 valence electrons. The largest absolute Gasteiger partial charge is 0.398 e. The van der Waals surface area contributed by atoms with Gasteiger partial charge in [0.1, 0.15) is 0 Å². The molecular weight excluding hydrogens is 265 g/mol. The molecule has 0 saturated heterocycles. The van der Waals surface area contributed by atoms with Crippen LogP contribution in [0, 0.1) is 6.92 Å². The summed E-state index contributed by atoms with van der Waals surface area (Å²) < 4.78 is 0. The number of nitrogens with two attached hydrogens (primary N) is 1. The monoisotopic (exact) mass is 279 g/mol. The van der Waals surface area contributed by atoms with Crippen molar-refractivity contribution in [3.63, 3.8) is 0 Å². The van der Waals surface area contributed by atoms with Crippen molar-refractivity contribution in [3.8, 4) is 0 Å². The van der Waals surface area contributed by atoms with Gasteiger partial charge in [-0.25, -0.2) is 0 Å². The van der Waals surface area contributed by atoms with Crippen molar-refractivity contribution in [1.29, 1.82) is 0 Å². The van der Waals surface area contributed by atoms with Crippen LogP contribution in [0.3, 0.4) is 0 Å². The highest BCUT2D eigenvalue weighted by molar-refractivity contribution is 6.42. The molecule has 0 aliphatic carbocycles. The third kappa shape index (κ3) is 2.33. The molecule has 3 heteroatoms. The molecule has 2 aromatic carbocycles. The zero-order valence-electron chi connectivity index (χ0n) is 10.6. The van der Waals surface area contributed by atoms with Crippen molar-refractivity contribution >= 4 is 39.7 Å². The van der Waals surface area contributed by atoms with Gasteiger partial charge in [0, 0.05) is 11.3 Å². The molecule has 1 nitrogen and oxygen atoms in total. The van der Waals surface area contributed by atoms with Gasteiger partial charge in [0.2, 0.25) is 0 Å². The summed E-state index contributed by atoms with van der Waals surface area (Å²) in [6.07, 6.45) is 0. The Balaban J connectivity index is 2.76. The normalized spacial score (nSPS) is 10.7. The first-order valence-corrected chi connectivity index (χ1v) is 6.48. The average Bonchev–Trinajstić information content (AvgIpc) is 2.29. The lowest BCUT2D eigenvalue weighted by Crippen LogP contribution is -2.01. The van der Waals surface area contributed by atoms with Crippen molar-refractivity contribution in [1.82, 2.24) is 0 Å². The van der Waals surface area contributed by atoms with Crippen LogP contribution in [-0.2, 0) is 0 Å². The molecule has 0 radical (unpaired) electrons. The van der Waals surface area contributed by atoms with Gasteiger partial charge in [-0.3, -0.25) is 0 Å². The van der Waals surface area contributed by atoms with Crippen molar-refractivity contribution in [2.45, 2.75) is 20.8 Å². The molecule has 0 saturated carbocycles. The van der Waals surface area contributed by atoms with E-state index in [0.29, 0.717) is 10.0 Å². The first kappa shape index (κ1) is 13.3. The SMILES string of the molecule is CC(C)=C(N)c1cc2cc(Cl)c(Cl)cc2cc1C. The molecule has 0 amide bonds. The first-order valence-electron chi connectivity index (χ1n) is 5.73. The fourth-order valence-electron chi connectivity index (χ4n) is 1.97. The number of hydrogen-bond acceptors (Lipinski definition) is 1. The van der Waals surface area contributed by atoms with Gasteiger partial charge in [0.25, 0.3) is 0 Å². The van der Waals surface area contributed by atoms with Crippen LogP contribution >= 0.6 is 23.2 Å². The van der Waals surface area contributed by atoms with Gasteiger partial charge < -0.3 is 5.73 Å². The van der Waals surface area contributed by atoms with Gasteiger partial charge in [-0.2, -0.15) is 0 Å². The van der Waals surface area contributed by atoms with Crippen LogP contribution in [0.4, 0.5) is 0 Å². The van der Waals surface area contributed by atoms with E-state index < -0.39 is 0 Å². The van der Waals surface area contributed by atoms with Gasteiger partial charge in [0.15, 0.2) is 0 Å². The Kier molecular flexibility index (Phi) is 3.56. The Morgan fingerprint density at radius 2 is 1.44 bits per heavy atom. The number of benzene rings is 2. The minimum atomic E-state index is 0.565. The molecule has 0 aromatic heterocycles. The quantitative estimate of drug-likeness (QED) is 0.766. The predicted octanol–water partition coefficient (Wildman–Crippen LogP) is 5.16. The minimum Gasteiger partial charge on any atom is -0.398 e. The van der Waals surface area contributed by atoms with Crippen molar-refractivity contribution in [3.05, 3.63) is 51.0 Å². The zero-order chi connectivity index (χ0) is 13.4. The van der Waals surface area contributed by atoms with Crippen molar-refractivity contribution in [2.24, 2.45) is 5.73 Å². The lowest BCUT2D eigenvalue weighted by molar-refractivity contribution is 1.32. The third-order valence-corrected chi connectivity index (χ3v) is 3.77. The molecule has 2 rings (SSSR count). The van der Waals surface area contributed by atoms with E-state index in [1.807, 2.05) is 32.9 Å². The molecule has 0 unspecified atom stereocenters. The van der Waals surface area contributed by atoms with E-state index in [-0.39, 0.29) is 0 Å². The van der Waals surface area contributed by atoms with Crippen molar-refractivity contribution in [2.75, 3.05) is 0 Å². The molecule has 2 N–H and O–H groups in total. The molecule has 0 heterocycles. The highest BCUT2D eigenvalue weighted by Gasteiger charge is 2.07. The van der Waals surface area contributed by atoms with E-state index in [0.717, 1.165) is 33.2 Å². The fourth-order valence-corrected chi connectivity index (χ4v) is 2.31. The summed E-state index contributed by atoms with van der Waals surface area (Å²) in [7, 11) is 0. The van der Waals surface area contributed by atoms with Crippen LogP contribution in [-0.4, -0.2) is 0 Å². The second kappa shape index (κ2) is 4.83. The number of hydrogen-bond donors (Lipinski definition) is 1. The predicted molar refractivity (Wildman–Crippen MR) is 81.2 cm³/mol. The molecule has 2 aromatic rings. The first-order chi connectivity index (χ1) is 8.40. The second-order valence-electron chi connectivity index (χ2n) is 4.69. The Morgan fingerprint density at radius 3 is 1.94 bits per heavy atom. The zero-order valence-corrected chi connectivity index (χ0v) is 12.2. The van der Waals surface area contributed by atoms with Crippen LogP contribution in [0.1, 0.15) is 25.0 Å². The number of halogens is 2. The van der Waals surface area contributed by atoms with Crippen LogP contribution in [0.15, 0.2) is 29.8 Å².